The van der Waals surface area contributed by atoms with Crippen molar-refractivity contribution in [3.05, 3.63) is 17.6 Å². The molecule has 16 heavy (non-hydrogen) atoms. The van der Waals surface area contributed by atoms with E-state index in [1.165, 1.54) is 0 Å². The largest absolute Gasteiger partial charge is 0.309 e. The minimum Gasteiger partial charge on any atom is -0.309 e. The van der Waals surface area contributed by atoms with Crippen LogP contribution < -0.4 is 5.32 Å². The molecule has 2 rings (SSSR count). The van der Waals surface area contributed by atoms with Gasteiger partial charge in [-0.25, -0.2) is 4.98 Å². The highest BCUT2D eigenvalue weighted by molar-refractivity contribution is 6.01. The highest BCUT2D eigenvalue weighted by atomic mass is 16.2. The number of carbonyl (C=O) groups excluding carboxylic acids is 1. The Bertz CT molecular complexity index is 426. The van der Waals surface area contributed by atoms with Crippen molar-refractivity contribution in [2.45, 2.75) is 39.5 Å². The van der Waals surface area contributed by atoms with Gasteiger partial charge < -0.3 is 5.32 Å². The van der Waals surface area contributed by atoms with Crippen molar-refractivity contribution in [3.63, 3.8) is 0 Å². The summed E-state index contributed by atoms with van der Waals surface area (Å²) in [5.41, 5.74) is 1.76. The number of rotatable bonds is 2. The molecule has 2 heterocycles. The molecule has 0 saturated heterocycles. The second-order valence-electron chi connectivity index (χ2n) is 4.89. The molecule has 0 saturated carbocycles. The average Bonchev–Trinajstić information content (AvgIpc) is 2.51. The van der Waals surface area contributed by atoms with Crippen molar-refractivity contribution in [1.29, 1.82) is 0 Å². The first kappa shape index (κ1) is 11.0. The smallest absolute Gasteiger partial charge is 0.235 e. The van der Waals surface area contributed by atoms with E-state index in [-0.39, 0.29) is 17.7 Å². The SMILES string of the molecule is CC(C)c1cnc2c(n1)C(C(C)C)C(=O)N2. The van der Waals surface area contributed by atoms with E-state index in [0.29, 0.717) is 11.7 Å². The van der Waals surface area contributed by atoms with Crippen LogP contribution in [0.2, 0.25) is 0 Å². The van der Waals surface area contributed by atoms with Crippen LogP contribution in [0.4, 0.5) is 5.82 Å². The molecule has 1 aromatic heterocycles. The van der Waals surface area contributed by atoms with Crippen molar-refractivity contribution >= 4 is 11.7 Å². The number of aromatic nitrogens is 2. The maximum absolute atomic E-state index is 11.8. The van der Waals surface area contributed by atoms with Crippen LogP contribution in [-0.4, -0.2) is 15.9 Å². The summed E-state index contributed by atoms with van der Waals surface area (Å²) in [6, 6.07) is 0. The fourth-order valence-corrected chi connectivity index (χ4v) is 1.95. The zero-order chi connectivity index (χ0) is 11.9. The Morgan fingerprint density at radius 2 is 2.00 bits per heavy atom. The first-order valence-corrected chi connectivity index (χ1v) is 5.68. The molecular formula is C12H17N3O. The van der Waals surface area contributed by atoms with E-state index >= 15 is 0 Å². The summed E-state index contributed by atoms with van der Waals surface area (Å²) in [7, 11) is 0. The van der Waals surface area contributed by atoms with Gasteiger partial charge in [-0.1, -0.05) is 27.7 Å². The molecule has 1 aliphatic rings. The van der Waals surface area contributed by atoms with Crippen LogP contribution in [0.15, 0.2) is 6.20 Å². The van der Waals surface area contributed by atoms with Crippen molar-refractivity contribution in [1.82, 2.24) is 9.97 Å². The van der Waals surface area contributed by atoms with Gasteiger partial charge in [0.05, 0.1) is 23.5 Å². The second-order valence-corrected chi connectivity index (χ2v) is 4.89. The third kappa shape index (κ3) is 1.68. The maximum atomic E-state index is 11.8. The lowest BCUT2D eigenvalue weighted by Crippen LogP contribution is -2.17. The lowest BCUT2D eigenvalue weighted by molar-refractivity contribution is -0.117. The molecule has 0 spiro atoms. The molecule has 4 nitrogen and oxygen atoms in total. The molecule has 1 aliphatic heterocycles. The number of carbonyl (C=O) groups is 1. The van der Waals surface area contributed by atoms with Crippen LogP contribution in [0, 0.1) is 5.92 Å². The minimum atomic E-state index is -0.152. The Hall–Kier alpha value is -1.45. The summed E-state index contributed by atoms with van der Waals surface area (Å²) in [6.07, 6.45) is 1.74. The van der Waals surface area contributed by atoms with Crippen LogP contribution in [0.1, 0.15) is 50.9 Å². The van der Waals surface area contributed by atoms with E-state index in [9.17, 15) is 4.79 Å². The zero-order valence-electron chi connectivity index (χ0n) is 10.1. The molecule has 4 heteroatoms. The fourth-order valence-electron chi connectivity index (χ4n) is 1.95. The first-order chi connectivity index (χ1) is 7.50. The van der Waals surface area contributed by atoms with Crippen molar-refractivity contribution in [2.75, 3.05) is 5.32 Å². The Morgan fingerprint density at radius 3 is 2.56 bits per heavy atom. The van der Waals surface area contributed by atoms with Crippen LogP contribution in [0.5, 0.6) is 0 Å². The summed E-state index contributed by atoms with van der Waals surface area (Å²) in [5.74, 6) is 1.08. The second kappa shape index (κ2) is 3.85. The Morgan fingerprint density at radius 1 is 1.31 bits per heavy atom. The standard InChI is InChI=1S/C12H17N3O/c1-6(2)8-5-13-11-10(14-8)9(7(3)4)12(16)15-11/h5-7,9H,1-4H3,(H,13,15,16). The van der Waals surface area contributed by atoms with Gasteiger partial charge in [-0.2, -0.15) is 0 Å². The summed E-state index contributed by atoms with van der Waals surface area (Å²) in [6.45, 7) is 8.21. The molecule has 0 radical (unpaired) electrons. The van der Waals surface area contributed by atoms with E-state index in [1.54, 1.807) is 6.20 Å². The molecule has 0 fully saturated rings. The van der Waals surface area contributed by atoms with E-state index in [2.05, 4.69) is 29.1 Å². The van der Waals surface area contributed by atoms with Gasteiger partial charge >= 0.3 is 0 Å². The van der Waals surface area contributed by atoms with Crippen molar-refractivity contribution < 1.29 is 4.79 Å². The molecule has 86 valence electrons. The van der Waals surface area contributed by atoms with E-state index in [1.807, 2.05) is 13.8 Å². The Labute approximate surface area is 95.5 Å². The monoisotopic (exact) mass is 219 g/mol. The zero-order valence-corrected chi connectivity index (χ0v) is 10.1. The van der Waals surface area contributed by atoms with Crippen LogP contribution >= 0.6 is 0 Å². The Balaban J connectivity index is 2.46. The summed E-state index contributed by atoms with van der Waals surface area (Å²) < 4.78 is 0. The fraction of sp³-hybridized carbons (Fsp3) is 0.583. The number of anilines is 1. The van der Waals surface area contributed by atoms with Gasteiger partial charge in [0.15, 0.2) is 5.82 Å². The van der Waals surface area contributed by atoms with Crippen LogP contribution in [0.25, 0.3) is 0 Å². The minimum absolute atomic E-state index is 0.0194. The summed E-state index contributed by atoms with van der Waals surface area (Å²) in [4.78, 5) is 20.6. The van der Waals surface area contributed by atoms with Gasteiger partial charge in [-0.3, -0.25) is 9.78 Å². The number of fused-ring (bicyclic) bond motifs is 1. The van der Waals surface area contributed by atoms with E-state index in [0.717, 1.165) is 11.4 Å². The van der Waals surface area contributed by atoms with Gasteiger partial charge in [0.25, 0.3) is 0 Å². The van der Waals surface area contributed by atoms with E-state index in [4.69, 9.17) is 0 Å². The molecule has 1 N–H and O–H groups in total. The van der Waals surface area contributed by atoms with Crippen LogP contribution in [-0.2, 0) is 4.79 Å². The molecule has 0 aromatic carbocycles. The maximum Gasteiger partial charge on any atom is 0.235 e. The predicted molar refractivity (Wildman–Crippen MR) is 62.3 cm³/mol. The number of hydrogen-bond acceptors (Lipinski definition) is 3. The normalized spacial score (nSPS) is 19.1. The first-order valence-electron chi connectivity index (χ1n) is 5.68. The van der Waals surface area contributed by atoms with Crippen molar-refractivity contribution in [3.8, 4) is 0 Å². The van der Waals surface area contributed by atoms with Gasteiger partial charge in [0, 0.05) is 0 Å². The summed E-state index contributed by atoms with van der Waals surface area (Å²) >= 11 is 0. The molecule has 1 unspecified atom stereocenters. The third-order valence-corrected chi connectivity index (χ3v) is 2.89. The molecule has 0 bridgehead atoms. The topological polar surface area (TPSA) is 54.9 Å². The molecule has 1 amide bonds. The van der Waals surface area contributed by atoms with Gasteiger partial charge in [0.2, 0.25) is 5.91 Å². The van der Waals surface area contributed by atoms with Crippen LogP contribution in [0.3, 0.4) is 0 Å². The summed E-state index contributed by atoms with van der Waals surface area (Å²) in [5, 5.41) is 2.78. The predicted octanol–water partition coefficient (Wildman–Crippen LogP) is 2.29. The number of nitrogens with zero attached hydrogens (tertiary/aromatic N) is 2. The van der Waals surface area contributed by atoms with Gasteiger partial charge in [-0.15, -0.1) is 0 Å². The number of nitrogens with one attached hydrogen (secondary N) is 1. The highest BCUT2D eigenvalue weighted by Gasteiger charge is 2.35. The third-order valence-electron chi connectivity index (χ3n) is 2.89. The highest BCUT2D eigenvalue weighted by Crippen LogP contribution is 2.34. The van der Waals surface area contributed by atoms with Gasteiger partial charge in [0.1, 0.15) is 0 Å². The number of hydrogen-bond donors (Lipinski definition) is 1. The lowest BCUT2D eigenvalue weighted by Gasteiger charge is -2.12. The molecule has 0 aliphatic carbocycles. The quantitative estimate of drug-likeness (QED) is 0.830. The Kier molecular flexibility index (Phi) is 2.66. The van der Waals surface area contributed by atoms with Crippen molar-refractivity contribution in [2.24, 2.45) is 5.92 Å². The van der Waals surface area contributed by atoms with Gasteiger partial charge in [-0.05, 0) is 11.8 Å². The molecule has 1 atom stereocenters. The molecule has 1 aromatic rings. The van der Waals surface area contributed by atoms with E-state index < -0.39 is 0 Å². The number of amides is 1. The average molecular weight is 219 g/mol. The lowest BCUT2D eigenvalue weighted by atomic mass is 9.93. The molecular weight excluding hydrogens is 202 g/mol.